The first-order valence-corrected chi connectivity index (χ1v) is 8.31. The molecule has 1 unspecified atom stereocenters. The van der Waals surface area contributed by atoms with E-state index >= 15 is 0 Å². The summed E-state index contributed by atoms with van der Waals surface area (Å²) >= 11 is 0. The number of rotatable bonds is 9. The van der Waals surface area contributed by atoms with Gasteiger partial charge in [-0.05, 0) is 20.4 Å². The third-order valence-electron chi connectivity index (χ3n) is 3.38. The fourth-order valence-corrected chi connectivity index (χ4v) is 2.68. The fraction of sp³-hybridized carbons (Fsp3) is 0.750. The van der Waals surface area contributed by atoms with Crippen molar-refractivity contribution in [3.63, 3.8) is 0 Å². The molecule has 1 rings (SSSR count). The Morgan fingerprint density at radius 2 is 2.25 bits per heavy atom. The maximum absolute atomic E-state index is 12.1. The van der Waals surface area contributed by atoms with Gasteiger partial charge in [-0.25, -0.2) is 13.1 Å². The largest absolute Gasteiger partial charge is 0.329 e. The Kier molecular flexibility index (Phi) is 6.60. The first-order valence-electron chi connectivity index (χ1n) is 6.83. The Morgan fingerprint density at radius 1 is 1.55 bits per heavy atom. The molecule has 0 aliphatic heterocycles. The van der Waals surface area contributed by atoms with Gasteiger partial charge in [-0.3, -0.25) is 4.68 Å². The molecule has 1 aromatic rings. The number of hydrogen-bond donors (Lipinski definition) is 2. The molecule has 0 fully saturated rings. The number of hydrogen-bond acceptors (Lipinski definition) is 5. The molecule has 0 saturated carbocycles. The molecule has 0 aliphatic carbocycles. The van der Waals surface area contributed by atoms with Crippen molar-refractivity contribution in [2.45, 2.75) is 37.8 Å². The van der Waals surface area contributed by atoms with Crippen LogP contribution in [0.4, 0.5) is 0 Å². The minimum absolute atomic E-state index is 0.178. The van der Waals surface area contributed by atoms with E-state index in [1.54, 1.807) is 0 Å². The molecule has 0 amide bonds. The highest BCUT2D eigenvalue weighted by Gasteiger charge is 2.16. The summed E-state index contributed by atoms with van der Waals surface area (Å²) in [6, 6.07) is 0.437. The Morgan fingerprint density at radius 3 is 2.85 bits per heavy atom. The Bertz CT molecular complexity index is 500. The summed E-state index contributed by atoms with van der Waals surface area (Å²) in [5.41, 5.74) is 5.40. The van der Waals surface area contributed by atoms with Crippen LogP contribution in [0.3, 0.4) is 0 Å². The molecule has 0 aliphatic rings. The molecule has 1 atom stereocenters. The fourth-order valence-electron chi connectivity index (χ4n) is 1.71. The van der Waals surface area contributed by atoms with Crippen molar-refractivity contribution in [1.29, 1.82) is 0 Å². The second-order valence-corrected chi connectivity index (χ2v) is 6.63. The number of nitrogens with zero attached hydrogens (tertiary/aromatic N) is 3. The van der Waals surface area contributed by atoms with E-state index in [1.165, 1.54) is 17.1 Å². The van der Waals surface area contributed by atoms with Crippen molar-refractivity contribution in [1.82, 2.24) is 19.4 Å². The van der Waals surface area contributed by atoms with E-state index < -0.39 is 10.0 Å². The van der Waals surface area contributed by atoms with Crippen molar-refractivity contribution in [3.8, 4) is 0 Å². The molecule has 116 valence electrons. The van der Waals surface area contributed by atoms with E-state index in [0.29, 0.717) is 32.2 Å². The summed E-state index contributed by atoms with van der Waals surface area (Å²) in [4.78, 5) is 2.30. The van der Waals surface area contributed by atoms with Crippen LogP contribution in [-0.2, 0) is 16.6 Å². The molecule has 7 nitrogen and oxygen atoms in total. The van der Waals surface area contributed by atoms with Crippen LogP contribution in [0, 0.1) is 0 Å². The van der Waals surface area contributed by atoms with E-state index in [1.807, 2.05) is 7.05 Å². The lowest BCUT2D eigenvalue weighted by Crippen LogP contribution is -2.36. The van der Waals surface area contributed by atoms with Gasteiger partial charge in [0.25, 0.3) is 0 Å². The number of nitrogens with one attached hydrogen (secondary N) is 1. The quantitative estimate of drug-likeness (QED) is 0.662. The van der Waals surface area contributed by atoms with Crippen LogP contribution in [0.2, 0.25) is 0 Å². The molecule has 1 aromatic heterocycles. The van der Waals surface area contributed by atoms with E-state index in [2.05, 4.69) is 28.6 Å². The van der Waals surface area contributed by atoms with Crippen LogP contribution in [0.1, 0.15) is 20.3 Å². The summed E-state index contributed by atoms with van der Waals surface area (Å²) < 4.78 is 28.2. The highest BCUT2D eigenvalue weighted by Crippen LogP contribution is 2.06. The molecule has 0 saturated heterocycles. The summed E-state index contributed by atoms with van der Waals surface area (Å²) in [5, 5.41) is 3.96. The van der Waals surface area contributed by atoms with Gasteiger partial charge < -0.3 is 10.6 Å². The van der Waals surface area contributed by atoms with Gasteiger partial charge >= 0.3 is 0 Å². The van der Waals surface area contributed by atoms with Gasteiger partial charge in [-0.15, -0.1) is 0 Å². The lowest BCUT2D eigenvalue weighted by atomic mass is 10.2. The summed E-state index contributed by atoms with van der Waals surface area (Å²) in [5.74, 6) is 0. The van der Waals surface area contributed by atoms with Gasteiger partial charge in [0.05, 0.1) is 12.7 Å². The van der Waals surface area contributed by atoms with Gasteiger partial charge in [-0.2, -0.15) is 5.10 Å². The highest BCUT2D eigenvalue weighted by molar-refractivity contribution is 7.89. The maximum atomic E-state index is 12.1. The highest BCUT2D eigenvalue weighted by atomic mass is 32.2. The molecule has 0 bridgehead atoms. The van der Waals surface area contributed by atoms with Crippen molar-refractivity contribution >= 4 is 10.0 Å². The molecule has 0 spiro atoms. The number of sulfonamides is 1. The molecule has 0 radical (unpaired) electrons. The van der Waals surface area contributed by atoms with E-state index in [-0.39, 0.29) is 4.90 Å². The summed E-state index contributed by atoms with van der Waals surface area (Å²) in [6.45, 7) is 6.21. The van der Waals surface area contributed by atoms with Crippen LogP contribution >= 0.6 is 0 Å². The average Bonchev–Trinajstić information content (AvgIpc) is 2.87. The van der Waals surface area contributed by atoms with Crippen LogP contribution in [0.25, 0.3) is 0 Å². The number of nitrogens with two attached hydrogens (primary N) is 1. The van der Waals surface area contributed by atoms with Crippen molar-refractivity contribution < 1.29 is 8.42 Å². The Balaban J connectivity index is 2.52. The van der Waals surface area contributed by atoms with Crippen LogP contribution < -0.4 is 10.5 Å². The number of likely N-dealkylation sites (N-methyl/N-ethyl adjacent to an activating group) is 1. The summed E-state index contributed by atoms with van der Waals surface area (Å²) in [7, 11) is -1.50. The summed E-state index contributed by atoms with van der Waals surface area (Å²) in [6.07, 6.45) is 3.87. The molecule has 0 aromatic carbocycles. The zero-order valence-electron chi connectivity index (χ0n) is 12.4. The molecule has 1 heterocycles. The minimum Gasteiger partial charge on any atom is -0.329 e. The predicted molar refractivity (Wildman–Crippen MR) is 78.9 cm³/mol. The number of aromatic nitrogens is 2. The Hall–Kier alpha value is -0.960. The maximum Gasteiger partial charge on any atom is 0.243 e. The van der Waals surface area contributed by atoms with Gasteiger partial charge in [0, 0.05) is 31.9 Å². The smallest absolute Gasteiger partial charge is 0.243 e. The van der Waals surface area contributed by atoms with Gasteiger partial charge in [0.2, 0.25) is 10.0 Å². The van der Waals surface area contributed by atoms with Crippen LogP contribution in [0.5, 0.6) is 0 Å². The SMILES string of the molecule is CCC(C)N(C)CCNS(=O)(=O)c1cnn(CCN)c1. The van der Waals surface area contributed by atoms with Crippen molar-refractivity contribution in [2.24, 2.45) is 5.73 Å². The molecular formula is C12H25N5O2S. The monoisotopic (exact) mass is 303 g/mol. The minimum atomic E-state index is -3.49. The average molecular weight is 303 g/mol. The third kappa shape index (κ3) is 4.86. The topological polar surface area (TPSA) is 93.2 Å². The molecular weight excluding hydrogens is 278 g/mol. The molecule has 20 heavy (non-hydrogen) atoms. The van der Waals surface area contributed by atoms with Gasteiger partial charge in [-0.1, -0.05) is 6.92 Å². The van der Waals surface area contributed by atoms with E-state index in [9.17, 15) is 8.42 Å². The van der Waals surface area contributed by atoms with Crippen LogP contribution in [-0.4, -0.2) is 55.8 Å². The van der Waals surface area contributed by atoms with Crippen LogP contribution in [0.15, 0.2) is 17.3 Å². The molecule has 3 N–H and O–H groups in total. The Labute approximate surface area is 121 Å². The van der Waals surface area contributed by atoms with Gasteiger partial charge in [0.1, 0.15) is 4.90 Å². The van der Waals surface area contributed by atoms with Crippen molar-refractivity contribution in [2.75, 3.05) is 26.7 Å². The first kappa shape index (κ1) is 17.1. The lowest BCUT2D eigenvalue weighted by Gasteiger charge is -2.23. The second kappa shape index (κ2) is 7.72. The predicted octanol–water partition coefficient (Wildman–Crippen LogP) is -0.150. The zero-order chi connectivity index (χ0) is 15.2. The normalized spacial score (nSPS) is 13.8. The molecule has 8 heteroatoms. The lowest BCUT2D eigenvalue weighted by molar-refractivity contribution is 0.256. The zero-order valence-corrected chi connectivity index (χ0v) is 13.2. The third-order valence-corrected chi connectivity index (χ3v) is 4.79. The standard InChI is InChI=1S/C12H25N5O2S/c1-4-11(2)16(3)8-6-15-20(18,19)12-9-14-17(10-12)7-5-13/h9-11,15H,4-8,13H2,1-3H3. The second-order valence-electron chi connectivity index (χ2n) is 4.86. The van der Waals surface area contributed by atoms with E-state index in [4.69, 9.17) is 5.73 Å². The van der Waals surface area contributed by atoms with Gasteiger partial charge in [0.15, 0.2) is 0 Å². The van der Waals surface area contributed by atoms with E-state index in [0.717, 1.165) is 6.42 Å². The first-order chi connectivity index (χ1) is 9.40. The van der Waals surface area contributed by atoms with Crippen molar-refractivity contribution in [3.05, 3.63) is 12.4 Å².